The summed E-state index contributed by atoms with van der Waals surface area (Å²) in [6.07, 6.45) is 0.754. The second-order valence-electron chi connectivity index (χ2n) is 6.48. The molecule has 1 aromatic rings. The SMILES string of the molecule is Cc1ccc(S(=O)(=O)NCC(Cl)CC(C)(C)C)c(C)c1. The Balaban J connectivity index is 2.76. The number of halogens is 1. The normalized spacial score (nSPS) is 14.3. The van der Waals surface area contributed by atoms with E-state index in [2.05, 4.69) is 25.5 Å². The highest BCUT2D eigenvalue weighted by molar-refractivity contribution is 7.89. The van der Waals surface area contributed by atoms with Gasteiger partial charge >= 0.3 is 0 Å². The van der Waals surface area contributed by atoms with Gasteiger partial charge in [-0.1, -0.05) is 38.5 Å². The number of hydrogen-bond acceptors (Lipinski definition) is 2. The molecule has 0 aliphatic carbocycles. The maximum atomic E-state index is 12.3. The zero-order valence-electron chi connectivity index (χ0n) is 12.8. The van der Waals surface area contributed by atoms with E-state index in [0.717, 1.165) is 17.5 Å². The number of hydrogen-bond donors (Lipinski definition) is 1. The van der Waals surface area contributed by atoms with Crippen molar-refractivity contribution in [1.29, 1.82) is 0 Å². The van der Waals surface area contributed by atoms with E-state index in [1.807, 2.05) is 13.0 Å². The average molecular weight is 318 g/mol. The number of alkyl halides is 1. The minimum Gasteiger partial charge on any atom is -0.210 e. The van der Waals surface area contributed by atoms with Gasteiger partial charge in [0.2, 0.25) is 10.0 Å². The van der Waals surface area contributed by atoms with Crippen LogP contribution in [-0.4, -0.2) is 20.3 Å². The van der Waals surface area contributed by atoms with E-state index < -0.39 is 10.0 Å². The minimum atomic E-state index is -3.49. The Labute approximate surface area is 127 Å². The molecule has 0 amide bonds. The van der Waals surface area contributed by atoms with Gasteiger partial charge in [-0.2, -0.15) is 0 Å². The van der Waals surface area contributed by atoms with Crippen molar-refractivity contribution >= 4 is 21.6 Å². The summed E-state index contributed by atoms with van der Waals surface area (Å²) in [5, 5.41) is -0.212. The van der Waals surface area contributed by atoms with Gasteiger partial charge in [0.25, 0.3) is 0 Å². The predicted molar refractivity (Wildman–Crippen MR) is 84.8 cm³/mol. The number of aryl methyl sites for hydroxylation is 2. The standard InChI is InChI=1S/C15H24ClNO2S/c1-11-6-7-14(12(2)8-11)20(18,19)17-10-13(16)9-15(3,4)5/h6-8,13,17H,9-10H2,1-5H3. The van der Waals surface area contributed by atoms with Crippen LogP contribution in [0.2, 0.25) is 0 Å². The van der Waals surface area contributed by atoms with Gasteiger partial charge in [-0.15, -0.1) is 11.6 Å². The molecule has 3 nitrogen and oxygen atoms in total. The summed E-state index contributed by atoms with van der Waals surface area (Å²) in [6.45, 7) is 10.2. The molecule has 0 bridgehead atoms. The molecule has 1 N–H and O–H groups in total. The molecule has 1 aromatic carbocycles. The summed E-state index contributed by atoms with van der Waals surface area (Å²) in [4.78, 5) is 0.322. The summed E-state index contributed by atoms with van der Waals surface area (Å²) in [7, 11) is -3.49. The molecule has 5 heteroatoms. The average Bonchev–Trinajstić information content (AvgIpc) is 2.23. The van der Waals surface area contributed by atoms with Crippen molar-refractivity contribution in [2.45, 2.75) is 51.3 Å². The van der Waals surface area contributed by atoms with E-state index in [0.29, 0.717) is 4.90 Å². The van der Waals surface area contributed by atoms with Crippen LogP contribution >= 0.6 is 11.6 Å². The molecule has 0 heterocycles. The summed E-state index contributed by atoms with van der Waals surface area (Å²) in [5.74, 6) is 0. The predicted octanol–water partition coefficient (Wildman–Crippen LogP) is 3.63. The van der Waals surface area contributed by atoms with Crippen LogP contribution in [0, 0.1) is 19.3 Å². The summed E-state index contributed by atoms with van der Waals surface area (Å²) in [5.41, 5.74) is 1.88. The van der Waals surface area contributed by atoms with Crippen molar-refractivity contribution in [2.75, 3.05) is 6.54 Å². The van der Waals surface area contributed by atoms with Crippen molar-refractivity contribution in [2.24, 2.45) is 5.41 Å². The fourth-order valence-corrected chi connectivity index (χ4v) is 4.05. The lowest BCUT2D eigenvalue weighted by Crippen LogP contribution is -2.32. The quantitative estimate of drug-likeness (QED) is 0.843. The van der Waals surface area contributed by atoms with Crippen LogP contribution in [-0.2, 0) is 10.0 Å². The lowest BCUT2D eigenvalue weighted by molar-refractivity contribution is 0.369. The molecular formula is C15H24ClNO2S. The first-order valence-electron chi connectivity index (χ1n) is 6.72. The van der Waals surface area contributed by atoms with Gasteiger partial charge in [0.15, 0.2) is 0 Å². The second kappa shape index (κ2) is 6.46. The molecule has 1 rings (SSSR count). The van der Waals surface area contributed by atoms with E-state index in [4.69, 9.17) is 11.6 Å². The molecule has 1 unspecified atom stereocenters. The van der Waals surface area contributed by atoms with E-state index in [-0.39, 0.29) is 17.3 Å². The number of benzene rings is 1. The first-order chi connectivity index (χ1) is 9.01. The zero-order valence-corrected chi connectivity index (χ0v) is 14.4. The minimum absolute atomic E-state index is 0.0810. The van der Waals surface area contributed by atoms with Gasteiger partial charge in [0, 0.05) is 11.9 Å². The van der Waals surface area contributed by atoms with Crippen molar-refractivity contribution in [3.63, 3.8) is 0 Å². The molecule has 0 aliphatic heterocycles. The molecule has 0 aliphatic rings. The molecule has 0 spiro atoms. The Bertz CT molecular complexity index is 562. The Morgan fingerprint density at radius 2 is 1.85 bits per heavy atom. The van der Waals surface area contributed by atoms with E-state index in [1.54, 1.807) is 19.1 Å². The molecule has 114 valence electrons. The zero-order chi connectivity index (χ0) is 15.6. The maximum Gasteiger partial charge on any atom is 0.240 e. The monoisotopic (exact) mass is 317 g/mol. The fraction of sp³-hybridized carbons (Fsp3) is 0.600. The molecule has 1 atom stereocenters. The Morgan fingerprint density at radius 3 is 2.35 bits per heavy atom. The lowest BCUT2D eigenvalue weighted by Gasteiger charge is -2.22. The van der Waals surface area contributed by atoms with E-state index in [9.17, 15) is 8.42 Å². The Hall–Kier alpha value is -0.580. The highest BCUT2D eigenvalue weighted by atomic mass is 35.5. The van der Waals surface area contributed by atoms with Crippen molar-refractivity contribution in [1.82, 2.24) is 4.72 Å². The third kappa shape index (κ3) is 5.43. The van der Waals surface area contributed by atoms with E-state index in [1.165, 1.54) is 0 Å². The number of nitrogens with one attached hydrogen (secondary N) is 1. The Morgan fingerprint density at radius 1 is 1.25 bits per heavy atom. The van der Waals surface area contributed by atoms with Crippen LogP contribution in [0.3, 0.4) is 0 Å². The molecule has 0 fully saturated rings. The summed E-state index contributed by atoms with van der Waals surface area (Å²) >= 11 is 6.20. The molecule has 20 heavy (non-hydrogen) atoms. The van der Waals surface area contributed by atoms with E-state index >= 15 is 0 Å². The lowest BCUT2D eigenvalue weighted by atomic mass is 9.90. The van der Waals surface area contributed by atoms with Gasteiger partial charge in [-0.25, -0.2) is 13.1 Å². The first-order valence-corrected chi connectivity index (χ1v) is 8.64. The van der Waals surface area contributed by atoms with Crippen LogP contribution in [0.15, 0.2) is 23.1 Å². The van der Waals surface area contributed by atoms with Crippen molar-refractivity contribution < 1.29 is 8.42 Å². The van der Waals surface area contributed by atoms with Crippen molar-refractivity contribution in [3.05, 3.63) is 29.3 Å². The summed E-state index contributed by atoms with van der Waals surface area (Å²) < 4.78 is 27.1. The molecular weight excluding hydrogens is 294 g/mol. The topological polar surface area (TPSA) is 46.2 Å². The van der Waals surface area contributed by atoms with Gasteiger partial charge < -0.3 is 0 Å². The van der Waals surface area contributed by atoms with Crippen LogP contribution in [0.25, 0.3) is 0 Å². The van der Waals surface area contributed by atoms with Crippen LogP contribution in [0.4, 0.5) is 0 Å². The summed E-state index contributed by atoms with van der Waals surface area (Å²) in [6, 6.07) is 5.30. The van der Waals surface area contributed by atoms with Crippen LogP contribution < -0.4 is 4.72 Å². The smallest absolute Gasteiger partial charge is 0.210 e. The number of rotatable bonds is 5. The van der Waals surface area contributed by atoms with Crippen LogP contribution in [0.5, 0.6) is 0 Å². The highest BCUT2D eigenvalue weighted by Crippen LogP contribution is 2.23. The highest BCUT2D eigenvalue weighted by Gasteiger charge is 2.21. The third-order valence-electron chi connectivity index (χ3n) is 2.95. The molecule has 0 radical (unpaired) electrons. The Kier molecular flexibility index (Phi) is 5.64. The van der Waals surface area contributed by atoms with Gasteiger partial charge in [-0.05, 0) is 37.3 Å². The molecule has 0 saturated carbocycles. The van der Waals surface area contributed by atoms with Gasteiger partial charge in [-0.3, -0.25) is 0 Å². The fourth-order valence-electron chi connectivity index (χ4n) is 2.12. The first kappa shape index (κ1) is 17.5. The number of sulfonamides is 1. The largest absolute Gasteiger partial charge is 0.240 e. The van der Waals surface area contributed by atoms with Gasteiger partial charge in [0.05, 0.1) is 4.90 Å². The van der Waals surface area contributed by atoms with Crippen molar-refractivity contribution in [3.8, 4) is 0 Å². The maximum absolute atomic E-state index is 12.3. The van der Waals surface area contributed by atoms with Crippen LogP contribution in [0.1, 0.15) is 38.3 Å². The third-order valence-corrected chi connectivity index (χ3v) is 4.84. The molecule has 0 saturated heterocycles. The molecule has 0 aromatic heterocycles. The second-order valence-corrected chi connectivity index (χ2v) is 8.84. The van der Waals surface area contributed by atoms with Gasteiger partial charge in [0.1, 0.15) is 0 Å².